The van der Waals surface area contributed by atoms with Crippen LogP contribution in [0.4, 0.5) is 0 Å². The summed E-state index contributed by atoms with van der Waals surface area (Å²) in [6.07, 6.45) is 1.71. The minimum atomic E-state index is -0.280. The Morgan fingerprint density at radius 1 is 1.19 bits per heavy atom. The molecule has 0 unspecified atom stereocenters. The van der Waals surface area contributed by atoms with E-state index in [0.717, 1.165) is 12.2 Å². The lowest BCUT2D eigenvalue weighted by Crippen LogP contribution is -2.24. The molecule has 0 saturated carbocycles. The average Bonchev–Trinajstić information content (AvgIpc) is 3.33. The van der Waals surface area contributed by atoms with Crippen LogP contribution in [0.15, 0.2) is 53.1 Å². The molecule has 0 aliphatic heterocycles. The molecular formula is C19H21N3O4. The Hall–Kier alpha value is -3.22. The van der Waals surface area contributed by atoms with E-state index in [2.05, 4.69) is 10.4 Å². The summed E-state index contributed by atoms with van der Waals surface area (Å²) in [7, 11) is 1.59. The summed E-state index contributed by atoms with van der Waals surface area (Å²) < 4.78 is 18.3. The lowest BCUT2D eigenvalue weighted by Gasteiger charge is -2.08. The van der Waals surface area contributed by atoms with Gasteiger partial charge >= 0.3 is 0 Å². The van der Waals surface area contributed by atoms with Crippen LogP contribution >= 0.6 is 0 Å². The number of benzene rings is 1. The van der Waals surface area contributed by atoms with Gasteiger partial charge in [0, 0.05) is 12.7 Å². The number of furan rings is 1. The van der Waals surface area contributed by atoms with Gasteiger partial charge in [-0.1, -0.05) is 12.1 Å². The fraction of sp³-hybridized carbons (Fsp3) is 0.263. The van der Waals surface area contributed by atoms with Crippen LogP contribution in [0, 0.1) is 0 Å². The van der Waals surface area contributed by atoms with Crippen molar-refractivity contribution in [1.29, 1.82) is 0 Å². The number of rotatable bonds is 8. The van der Waals surface area contributed by atoms with Crippen molar-refractivity contribution in [2.45, 2.75) is 26.6 Å². The first-order valence-electron chi connectivity index (χ1n) is 8.34. The van der Waals surface area contributed by atoms with E-state index in [1.165, 1.54) is 0 Å². The zero-order chi connectivity index (χ0) is 18.4. The van der Waals surface area contributed by atoms with Gasteiger partial charge in [-0.2, -0.15) is 5.10 Å². The zero-order valence-corrected chi connectivity index (χ0v) is 14.8. The predicted molar refractivity (Wildman–Crippen MR) is 95.1 cm³/mol. The van der Waals surface area contributed by atoms with Crippen molar-refractivity contribution in [3.63, 3.8) is 0 Å². The molecule has 7 heteroatoms. The molecule has 1 N–H and O–H groups in total. The topological polar surface area (TPSA) is 78.5 Å². The highest BCUT2D eigenvalue weighted by molar-refractivity contribution is 5.91. The van der Waals surface area contributed by atoms with Gasteiger partial charge in [0.2, 0.25) is 0 Å². The number of amides is 1. The van der Waals surface area contributed by atoms with Crippen LogP contribution in [-0.4, -0.2) is 22.8 Å². The molecule has 0 radical (unpaired) electrons. The van der Waals surface area contributed by atoms with Crippen LogP contribution in [0.5, 0.6) is 11.5 Å². The Morgan fingerprint density at radius 2 is 2.00 bits per heavy atom. The maximum Gasteiger partial charge on any atom is 0.287 e. The molecule has 0 spiro atoms. The van der Waals surface area contributed by atoms with Gasteiger partial charge in [-0.05, 0) is 37.3 Å². The van der Waals surface area contributed by atoms with Crippen molar-refractivity contribution in [3.8, 4) is 11.5 Å². The maximum absolute atomic E-state index is 12.2. The van der Waals surface area contributed by atoms with E-state index in [0.29, 0.717) is 23.8 Å². The second-order valence-electron chi connectivity index (χ2n) is 5.53. The van der Waals surface area contributed by atoms with Crippen LogP contribution in [0.3, 0.4) is 0 Å². The molecule has 26 heavy (non-hydrogen) atoms. The predicted octanol–water partition coefficient (Wildman–Crippen LogP) is 3.01. The van der Waals surface area contributed by atoms with Crippen LogP contribution in [0.1, 0.15) is 28.9 Å². The van der Waals surface area contributed by atoms with E-state index in [4.69, 9.17) is 13.9 Å². The standard InChI is InChI=1S/C19H21N3O4/c1-3-22-14(10-11-21-22)12-20-19(23)18-9-8-15(26-18)13-25-17-7-5-4-6-16(17)24-2/h4-11H,3,12-13H2,1-2H3,(H,20,23). The molecule has 2 aromatic heterocycles. The fourth-order valence-corrected chi connectivity index (χ4v) is 2.52. The number of nitrogens with one attached hydrogen (secondary N) is 1. The molecule has 0 fully saturated rings. The number of hydrogen-bond donors (Lipinski definition) is 1. The van der Waals surface area contributed by atoms with Crippen molar-refractivity contribution < 1.29 is 18.7 Å². The summed E-state index contributed by atoms with van der Waals surface area (Å²) >= 11 is 0. The van der Waals surface area contributed by atoms with Crippen LogP contribution in [0.2, 0.25) is 0 Å². The molecule has 3 aromatic rings. The second-order valence-corrected chi connectivity index (χ2v) is 5.53. The third-order valence-corrected chi connectivity index (χ3v) is 3.86. The largest absolute Gasteiger partial charge is 0.493 e. The smallest absolute Gasteiger partial charge is 0.287 e. The van der Waals surface area contributed by atoms with Crippen LogP contribution < -0.4 is 14.8 Å². The summed E-state index contributed by atoms with van der Waals surface area (Å²) in [5.74, 6) is 1.78. The quantitative estimate of drug-likeness (QED) is 0.672. The van der Waals surface area contributed by atoms with Gasteiger partial charge in [0.1, 0.15) is 12.4 Å². The number of ether oxygens (including phenoxy) is 2. The van der Waals surface area contributed by atoms with Gasteiger partial charge in [-0.25, -0.2) is 0 Å². The Labute approximate surface area is 151 Å². The van der Waals surface area contributed by atoms with Crippen LogP contribution in [-0.2, 0) is 19.7 Å². The van der Waals surface area contributed by atoms with Crippen molar-refractivity contribution in [3.05, 3.63) is 65.9 Å². The Balaban J connectivity index is 1.56. The lowest BCUT2D eigenvalue weighted by atomic mass is 10.3. The molecule has 0 saturated heterocycles. The highest BCUT2D eigenvalue weighted by Gasteiger charge is 2.13. The highest BCUT2D eigenvalue weighted by Crippen LogP contribution is 2.26. The first kappa shape index (κ1) is 17.6. The second kappa shape index (κ2) is 8.24. The molecule has 2 heterocycles. The van der Waals surface area contributed by atoms with Crippen molar-refractivity contribution in [2.24, 2.45) is 0 Å². The van der Waals surface area contributed by atoms with Gasteiger partial charge in [-0.3, -0.25) is 9.48 Å². The van der Waals surface area contributed by atoms with E-state index in [1.807, 2.05) is 41.9 Å². The SMILES string of the molecule is CCn1nccc1CNC(=O)c1ccc(COc2ccccc2OC)o1. The molecule has 0 bridgehead atoms. The molecule has 3 rings (SSSR count). The number of aryl methyl sites for hydroxylation is 1. The normalized spacial score (nSPS) is 10.5. The number of nitrogens with zero attached hydrogens (tertiary/aromatic N) is 2. The molecule has 1 amide bonds. The number of carbonyl (C=O) groups excluding carboxylic acids is 1. The summed E-state index contributed by atoms with van der Waals surface area (Å²) in [6, 6.07) is 12.6. The van der Waals surface area contributed by atoms with Crippen molar-refractivity contribution >= 4 is 5.91 Å². The molecule has 7 nitrogen and oxygen atoms in total. The molecule has 0 aliphatic rings. The minimum absolute atomic E-state index is 0.205. The summed E-state index contributed by atoms with van der Waals surface area (Å²) in [5.41, 5.74) is 0.937. The van der Waals surface area contributed by atoms with E-state index in [1.54, 1.807) is 25.4 Å². The van der Waals surface area contributed by atoms with Gasteiger partial charge in [0.15, 0.2) is 17.3 Å². The third-order valence-electron chi connectivity index (χ3n) is 3.86. The summed E-state index contributed by atoms with van der Waals surface area (Å²) in [5, 5.41) is 7.00. The fourth-order valence-electron chi connectivity index (χ4n) is 2.52. The third kappa shape index (κ3) is 4.05. The van der Waals surface area contributed by atoms with E-state index >= 15 is 0 Å². The van der Waals surface area contributed by atoms with Gasteiger partial charge < -0.3 is 19.2 Å². The number of methoxy groups -OCH3 is 1. The number of hydrogen-bond acceptors (Lipinski definition) is 5. The van der Waals surface area contributed by atoms with Crippen molar-refractivity contribution in [1.82, 2.24) is 15.1 Å². The summed E-state index contributed by atoms with van der Waals surface area (Å²) in [4.78, 5) is 12.2. The lowest BCUT2D eigenvalue weighted by molar-refractivity contribution is 0.0918. The minimum Gasteiger partial charge on any atom is -0.493 e. The molecule has 0 aliphatic carbocycles. The average molecular weight is 355 g/mol. The molecule has 1 aromatic carbocycles. The Morgan fingerprint density at radius 3 is 2.77 bits per heavy atom. The van der Waals surface area contributed by atoms with E-state index in [9.17, 15) is 4.79 Å². The molecule has 136 valence electrons. The Kier molecular flexibility index (Phi) is 5.58. The number of aromatic nitrogens is 2. The molecular weight excluding hydrogens is 334 g/mol. The zero-order valence-electron chi connectivity index (χ0n) is 14.8. The van der Waals surface area contributed by atoms with Gasteiger partial charge in [0.25, 0.3) is 5.91 Å². The monoisotopic (exact) mass is 355 g/mol. The van der Waals surface area contributed by atoms with Crippen LogP contribution in [0.25, 0.3) is 0 Å². The first-order chi connectivity index (χ1) is 12.7. The first-order valence-corrected chi connectivity index (χ1v) is 8.34. The van der Waals surface area contributed by atoms with E-state index < -0.39 is 0 Å². The van der Waals surface area contributed by atoms with Gasteiger partial charge in [-0.15, -0.1) is 0 Å². The van der Waals surface area contributed by atoms with E-state index in [-0.39, 0.29) is 18.3 Å². The maximum atomic E-state index is 12.2. The number of para-hydroxylation sites is 2. The molecule has 0 atom stereocenters. The summed E-state index contributed by atoms with van der Waals surface area (Å²) in [6.45, 7) is 3.35. The highest BCUT2D eigenvalue weighted by atomic mass is 16.5. The number of carbonyl (C=O) groups is 1. The van der Waals surface area contributed by atoms with Gasteiger partial charge in [0.05, 0.1) is 19.3 Å². The Bertz CT molecular complexity index is 869. The van der Waals surface area contributed by atoms with Crippen molar-refractivity contribution in [2.75, 3.05) is 7.11 Å².